The molecule has 7 nitrogen and oxygen atoms in total. The molecule has 0 amide bonds. The van der Waals surface area contributed by atoms with Gasteiger partial charge in [0.1, 0.15) is 11.3 Å². The Balaban J connectivity index is 0.000000204. The molecule has 2 aromatic heterocycles. The number of imidazole rings is 1. The lowest BCUT2D eigenvalue weighted by atomic mass is 9.58. The maximum Gasteiger partial charge on any atom is 0.238 e. The molecule has 2 aromatic rings. The Bertz CT molecular complexity index is 790. The van der Waals surface area contributed by atoms with E-state index < -0.39 is 0 Å². The molecule has 3 fully saturated rings. The minimum absolute atomic E-state index is 0.118. The van der Waals surface area contributed by atoms with Crippen LogP contribution in [0.4, 0.5) is 5.95 Å². The molecule has 26 heavy (non-hydrogen) atoms. The quantitative estimate of drug-likeness (QED) is 0.832. The number of nitrogens with two attached hydrogens (primary N) is 1. The summed E-state index contributed by atoms with van der Waals surface area (Å²) in [5.74, 6) is 1.22. The van der Waals surface area contributed by atoms with E-state index in [1.54, 1.807) is 10.7 Å². The fourth-order valence-corrected chi connectivity index (χ4v) is 4.62. The maximum atomic E-state index is 8.78. The molecule has 3 aliphatic rings. The lowest BCUT2D eigenvalue weighted by Gasteiger charge is -2.47. The number of nitrogens with zero attached hydrogens (tertiary/aromatic N) is 4. The molecule has 1 spiro atoms. The van der Waals surface area contributed by atoms with Gasteiger partial charge < -0.3 is 15.6 Å². The number of fused-ring (bicyclic) bond motifs is 1. The number of aliphatic hydroxyl groups excluding tert-OH is 1. The van der Waals surface area contributed by atoms with Crippen molar-refractivity contribution in [1.29, 1.82) is 0 Å². The van der Waals surface area contributed by atoms with Crippen molar-refractivity contribution >= 4 is 23.1 Å². The van der Waals surface area contributed by atoms with Gasteiger partial charge in [-0.05, 0) is 50.4 Å². The lowest BCUT2D eigenvalue weighted by Crippen LogP contribution is -2.43. The minimum atomic E-state index is -0.186. The van der Waals surface area contributed by atoms with E-state index in [2.05, 4.69) is 22.0 Å². The molecule has 5 rings (SSSR count). The van der Waals surface area contributed by atoms with Gasteiger partial charge in [0.2, 0.25) is 5.95 Å². The second-order valence-electron chi connectivity index (χ2n) is 8.00. The van der Waals surface area contributed by atoms with Gasteiger partial charge in [-0.2, -0.15) is 0 Å². The third-order valence-electron chi connectivity index (χ3n) is 6.04. The highest BCUT2D eigenvalue weighted by Crippen LogP contribution is 2.69. The molecule has 0 aromatic carbocycles. The molecule has 142 valence electrons. The Morgan fingerprint density at radius 1 is 1.42 bits per heavy atom. The van der Waals surface area contributed by atoms with Crippen LogP contribution in [0.15, 0.2) is 6.20 Å². The summed E-state index contributed by atoms with van der Waals surface area (Å²) < 4.78 is 6.73. The predicted octanol–water partition coefficient (Wildman–Crippen LogP) is 2.74. The van der Waals surface area contributed by atoms with Crippen LogP contribution in [0.3, 0.4) is 0 Å². The molecule has 2 saturated carbocycles. The number of aliphatic hydroxyl groups is 1. The Kier molecular flexibility index (Phi) is 4.57. The third-order valence-corrected chi connectivity index (χ3v) is 6.32. The number of nitrogen functional groups attached to an aromatic ring is 1. The average Bonchev–Trinajstić information content (AvgIpc) is 3.33. The first-order chi connectivity index (χ1) is 12.5. The Morgan fingerprint density at radius 3 is 2.73 bits per heavy atom. The molecule has 3 heterocycles. The van der Waals surface area contributed by atoms with E-state index in [9.17, 15) is 0 Å². The summed E-state index contributed by atoms with van der Waals surface area (Å²) in [6.07, 6.45) is 9.59. The standard InChI is InChI=1S/C13H16ClN5.C5H10O2/c1-2-13(6-12(7-13)3-4-12)10-17-9(14)8-5-16-11(15)18-19(8)10;6-5-2-1-3-7-4-5/h5H,2-4,6-7H2,1H3,(H2,15,18);5-6H,1-4H2. The molecule has 0 radical (unpaired) electrons. The largest absolute Gasteiger partial charge is 0.391 e. The highest BCUT2D eigenvalue weighted by molar-refractivity contribution is 6.32. The summed E-state index contributed by atoms with van der Waals surface area (Å²) in [5.41, 5.74) is 7.17. The van der Waals surface area contributed by atoms with Gasteiger partial charge in [0, 0.05) is 12.0 Å². The summed E-state index contributed by atoms with van der Waals surface area (Å²) in [7, 11) is 0. The Labute approximate surface area is 157 Å². The second-order valence-corrected chi connectivity index (χ2v) is 8.36. The van der Waals surface area contributed by atoms with Crippen LogP contribution in [0.25, 0.3) is 5.52 Å². The van der Waals surface area contributed by atoms with Crippen LogP contribution >= 0.6 is 11.6 Å². The molecule has 1 unspecified atom stereocenters. The summed E-state index contributed by atoms with van der Waals surface area (Å²) in [5, 5.41) is 13.6. The molecule has 3 N–H and O–H groups in total. The van der Waals surface area contributed by atoms with E-state index in [0.29, 0.717) is 17.2 Å². The third kappa shape index (κ3) is 3.17. The number of halogens is 1. The van der Waals surface area contributed by atoms with Crippen LogP contribution in [0, 0.1) is 5.41 Å². The fourth-order valence-electron chi connectivity index (χ4n) is 4.41. The molecule has 1 saturated heterocycles. The lowest BCUT2D eigenvalue weighted by molar-refractivity contribution is -0.00535. The van der Waals surface area contributed by atoms with Crippen molar-refractivity contribution in [3.8, 4) is 0 Å². The molecule has 0 bridgehead atoms. The van der Waals surface area contributed by atoms with E-state index in [4.69, 9.17) is 27.2 Å². The number of hydrogen-bond donors (Lipinski definition) is 2. The monoisotopic (exact) mass is 379 g/mol. The molecular weight excluding hydrogens is 354 g/mol. The summed E-state index contributed by atoms with van der Waals surface area (Å²) in [4.78, 5) is 8.56. The normalized spacial score (nSPS) is 25.4. The van der Waals surface area contributed by atoms with Crippen molar-refractivity contribution in [3.63, 3.8) is 0 Å². The van der Waals surface area contributed by atoms with Gasteiger partial charge in [-0.1, -0.05) is 18.5 Å². The first-order valence-corrected chi connectivity index (χ1v) is 9.78. The van der Waals surface area contributed by atoms with Crippen LogP contribution in [-0.4, -0.2) is 44.0 Å². The summed E-state index contributed by atoms with van der Waals surface area (Å²) in [6, 6.07) is 0. The highest BCUT2D eigenvalue weighted by Gasteiger charge is 2.62. The zero-order chi connectivity index (χ0) is 18.4. The van der Waals surface area contributed by atoms with E-state index >= 15 is 0 Å². The second kappa shape index (κ2) is 6.62. The molecule has 1 aliphatic heterocycles. The van der Waals surface area contributed by atoms with Gasteiger partial charge in [0.05, 0.1) is 18.9 Å². The summed E-state index contributed by atoms with van der Waals surface area (Å²) in [6.45, 7) is 3.59. The number of anilines is 1. The van der Waals surface area contributed by atoms with E-state index in [1.807, 2.05) is 0 Å². The van der Waals surface area contributed by atoms with Crippen molar-refractivity contribution in [2.45, 2.75) is 63.4 Å². The zero-order valence-corrected chi connectivity index (χ0v) is 15.9. The molecule has 1 atom stereocenters. The maximum absolute atomic E-state index is 8.78. The average molecular weight is 380 g/mol. The first-order valence-electron chi connectivity index (χ1n) is 9.40. The Morgan fingerprint density at radius 2 is 2.19 bits per heavy atom. The fraction of sp³-hybridized carbons (Fsp3) is 0.722. The van der Waals surface area contributed by atoms with Crippen LogP contribution in [0.2, 0.25) is 5.15 Å². The van der Waals surface area contributed by atoms with Crippen LogP contribution in [0.5, 0.6) is 0 Å². The van der Waals surface area contributed by atoms with Crippen molar-refractivity contribution in [3.05, 3.63) is 17.2 Å². The van der Waals surface area contributed by atoms with Crippen molar-refractivity contribution in [1.82, 2.24) is 19.6 Å². The summed E-state index contributed by atoms with van der Waals surface area (Å²) >= 11 is 6.21. The topological polar surface area (TPSA) is 98.6 Å². The first kappa shape index (κ1) is 17.9. The number of ether oxygens (including phenoxy) is 1. The Hall–Kier alpha value is -1.44. The van der Waals surface area contributed by atoms with Gasteiger partial charge in [0.15, 0.2) is 5.15 Å². The smallest absolute Gasteiger partial charge is 0.238 e. The van der Waals surface area contributed by atoms with Gasteiger partial charge in [-0.25, -0.2) is 14.5 Å². The van der Waals surface area contributed by atoms with Crippen molar-refractivity contribution in [2.24, 2.45) is 5.41 Å². The highest BCUT2D eigenvalue weighted by atomic mass is 35.5. The van der Waals surface area contributed by atoms with Crippen molar-refractivity contribution < 1.29 is 9.84 Å². The van der Waals surface area contributed by atoms with Gasteiger partial charge in [-0.3, -0.25) is 0 Å². The van der Waals surface area contributed by atoms with E-state index in [0.717, 1.165) is 37.2 Å². The van der Waals surface area contributed by atoms with Crippen LogP contribution in [-0.2, 0) is 10.2 Å². The van der Waals surface area contributed by atoms with E-state index in [1.165, 1.54) is 25.7 Å². The van der Waals surface area contributed by atoms with E-state index in [-0.39, 0.29) is 17.5 Å². The van der Waals surface area contributed by atoms with Crippen molar-refractivity contribution in [2.75, 3.05) is 18.9 Å². The minimum Gasteiger partial charge on any atom is -0.391 e. The molecule has 8 heteroatoms. The predicted molar refractivity (Wildman–Crippen MR) is 99.1 cm³/mol. The SMILES string of the molecule is CCC1(c2nc(Cl)c3cnc(N)nn23)CC2(CC2)C1.OC1CCCOC1. The van der Waals surface area contributed by atoms with Gasteiger partial charge in [0.25, 0.3) is 0 Å². The number of aromatic nitrogens is 4. The number of hydrogen-bond acceptors (Lipinski definition) is 6. The molecule has 2 aliphatic carbocycles. The van der Waals surface area contributed by atoms with Crippen LogP contribution in [0.1, 0.15) is 57.7 Å². The van der Waals surface area contributed by atoms with Gasteiger partial charge >= 0.3 is 0 Å². The number of rotatable bonds is 2. The zero-order valence-electron chi connectivity index (χ0n) is 15.1. The van der Waals surface area contributed by atoms with Crippen LogP contribution < -0.4 is 5.73 Å². The van der Waals surface area contributed by atoms with Gasteiger partial charge in [-0.15, -0.1) is 5.10 Å². The molecular formula is C18H26ClN5O2.